The summed E-state index contributed by atoms with van der Waals surface area (Å²) < 4.78 is 0. The number of hydrogen-bond donors (Lipinski definition) is 0. The molecule has 1 nitrogen and oxygen atoms in total. The first-order valence-corrected chi connectivity index (χ1v) is 7.16. The minimum atomic E-state index is 0.610. The number of fused-ring (bicyclic) bond motifs is 4. The molecule has 1 atom stereocenters. The molecule has 1 heterocycles. The van der Waals surface area contributed by atoms with E-state index in [1.807, 2.05) is 0 Å². The van der Waals surface area contributed by atoms with Crippen molar-refractivity contribution in [2.75, 3.05) is 0 Å². The van der Waals surface area contributed by atoms with Crippen LogP contribution in [0.3, 0.4) is 0 Å². The van der Waals surface area contributed by atoms with Crippen LogP contribution in [0.15, 0.2) is 53.5 Å². The molecule has 0 saturated heterocycles. The molecular weight excluding hydrogens is 230 g/mol. The third kappa shape index (κ3) is 1.81. The molecule has 19 heavy (non-hydrogen) atoms. The maximum absolute atomic E-state index is 4.99. The average Bonchev–Trinajstić information content (AvgIpc) is 2.64. The summed E-state index contributed by atoms with van der Waals surface area (Å²) >= 11 is 0. The standard InChI is InChI=1S/C18H17N/c1-3-10-16-13(6-1)8-5-9-15-12-14-7-2-4-11-17(14)19-18(15)16/h1-4,6-7,10-11,15H,5,8-9,12H2. The van der Waals surface area contributed by atoms with Crippen molar-refractivity contribution in [3.8, 4) is 0 Å². The van der Waals surface area contributed by atoms with E-state index in [0.29, 0.717) is 5.92 Å². The highest BCUT2D eigenvalue weighted by Crippen LogP contribution is 2.35. The number of para-hydroxylation sites is 1. The van der Waals surface area contributed by atoms with E-state index in [4.69, 9.17) is 4.99 Å². The molecule has 0 amide bonds. The highest BCUT2D eigenvalue weighted by atomic mass is 14.8. The van der Waals surface area contributed by atoms with Gasteiger partial charge in [0, 0.05) is 5.92 Å². The van der Waals surface area contributed by atoms with E-state index in [9.17, 15) is 0 Å². The molecule has 0 bridgehead atoms. The van der Waals surface area contributed by atoms with Crippen molar-refractivity contribution in [3.63, 3.8) is 0 Å². The maximum Gasteiger partial charge on any atom is 0.0665 e. The molecule has 0 aromatic heterocycles. The molecular formula is C18H17N. The lowest BCUT2D eigenvalue weighted by molar-refractivity contribution is 0.592. The maximum atomic E-state index is 4.99. The summed E-state index contributed by atoms with van der Waals surface area (Å²) in [5.41, 5.74) is 6.77. The highest BCUT2D eigenvalue weighted by Gasteiger charge is 2.27. The van der Waals surface area contributed by atoms with E-state index in [1.54, 1.807) is 0 Å². The quantitative estimate of drug-likeness (QED) is 0.657. The third-order valence-electron chi connectivity index (χ3n) is 4.38. The van der Waals surface area contributed by atoms with E-state index in [2.05, 4.69) is 48.5 Å². The predicted octanol–water partition coefficient (Wildman–Crippen LogP) is 4.32. The normalized spacial score (nSPS) is 20.6. The Kier molecular flexibility index (Phi) is 2.51. The first kappa shape index (κ1) is 11.0. The zero-order chi connectivity index (χ0) is 12.7. The van der Waals surface area contributed by atoms with Crippen LogP contribution in [0.4, 0.5) is 5.69 Å². The fourth-order valence-corrected chi connectivity index (χ4v) is 3.42. The minimum absolute atomic E-state index is 0.610. The molecule has 0 spiro atoms. The predicted molar refractivity (Wildman–Crippen MR) is 79.2 cm³/mol. The second-order valence-electron chi connectivity index (χ2n) is 5.58. The smallest absolute Gasteiger partial charge is 0.0665 e. The summed E-state index contributed by atoms with van der Waals surface area (Å²) in [5.74, 6) is 0.610. The van der Waals surface area contributed by atoms with Gasteiger partial charge >= 0.3 is 0 Å². The first-order valence-electron chi connectivity index (χ1n) is 7.16. The lowest BCUT2D eigenvalue weighted by Gasteiger charge is -2.24. The van der Waals surface area contributed by atoms with Gasteiger partial charge in [-0.25, -0.2) is 0 Å². The SMILES string of the molecule is c1ccc2c(c1)CC1CCCc3ccccc3C1=N2. The van der Waals surface area contributed by atoms with Gasteiger partial charge in [-0.05, 0) is 48.4 Å². The first-order chi connectivity index (χ1) is 9.42. The van der Waals surface area contributed by atoms with Crippen LogP contribution in [0, 0.1) is 5.92 Å². The topological polar surface area (TPSA) is 12.4 Å². The van der Waals surface area contributed by atoms with Gasteiger partial charge in [-0.3, -0.25) is 4.99 Å². The van der Waals surface area contributed by atoms with Crippen molar-refractivity contribution < 1.29 is 0 Å². The molecule has 1 unspecified atom stereocenters. The molecule has 0 radical (unpaired) electrons. The van der Waals surface area contributed by atoms with Gasteiger partial charge in [-0.1, -0.05) is 42.5 Å². The van der Waals surface area contributed by atoms with Crippen LogP contribution in [-0.4, -0.2) is 5.71 Å². The van der Waals surface area contributed by atoms with Gasteiger partial charge in [0.25, 0.3) is 0 Å². The monoisotopic (exact) mass is 247 g/mol. The van der Waals surface area contributed by atoms with Gasteiger partial charge in [-0.2, -0.15) is 0 Å². The molecule has 2 aromatic carbocycles. The van der Waals surface area contributed by atoms with Crippen LogP contribution < -0.4 is 0 Å². The Balaban J connectivity index is 1.91. The van der Waals surface area contributed by atoms with E-state index in [0.717, 1.165) is 6.42 Å². The summed E-state index contributed by atoms with van der Waals surface area (Å²) in [4.78, 5) is 4.99. The second-order valence-corrected chi connectivity index (χ2v) is 5.58. The van der Waals surface area contributed by atoms with Crippen molar-refractivity contribution in [1.29, 1.82) is 0 Å². The van der Waals surface area contributed by atoms with Gasteiger partial charge in [0.2, 0.25) is 0 Å². The van der Waals surface area contributed by atoms with Crippen LogP contribution >= 0.6 is 0 Å². The van der Waals surface area contributed by atoms with Crippen LogP contribution in [0.25, 0.3) is 0 Å². The summed E-state index contributed by atoms with van der Waals surface area (Å²) in [6.07, 6.45) is 4.90. The number of aliphatic imine (C=N–C) groups is 1. The summed E-state index contributed by atoms with van der Waals surface area (Å²) in [5, 5.41) is 0. The molecule has 1 aliphatic heterocycles. The Morgan fingerprint density at radius 2 is 1.68 bits per heavy atom. The fraction of sp³-hybridized carbons (Fsp3) is 0.278. The zero-order valence-corrected chi connectivity index (χ0v) is 11.0. The highest BCUT2D eigenvalue weighted by molar-refractivity contribution is 6.06. The fourth-order valence-electron chi connectivity index (χ4n) is 3.42. The largest absolute Gasteiger partial charge is 0.252 e. The molecule has 94 valence electrons. The number of benzene rings is 2. The number of rotatable bonds is 0. The van der Waals surface area contributed by atoms with E-state index < -0.39 is 0 Å². The van der Waals surface area contributed by atoms with Gasteiger partial charge in [0.15, 0.2) is 0 Å². The van der Waals surface area contributed by atoms with Crippen molar-refractivity contribution >= 4 is 11.4 Å². The molecule has 2 aliphatic rings. The van der Waals surface area contributed by atoms with Crippen molar-refractivity contribution in [1.82, 2.24) is 0 Å². The Labute approximate surface area is 114 Å². The van der Waals surface area contributed by atoms with Gasteiger partial charge in [-0.15, -0.1) is 0 Å². The lowest BCUT2D eigenvalue weighted by Crippen LogP contribution is -2.20. The Morgan fingerprint density at radius 3 is 2.63 bits per heavy atom. The Morgan fingerprint density at radius 1 is 0.895 bits per heavy atom. The second kappa shape index (κ2) is 4.34. The van der Waals surface area contributed by atoms with Crippen LogP contribution in [0.2, 0.25) is 0 Å². The van der Waals surface area contributed by atoms with Gasteiger partial charge in [0.1, 0.15) is 0 Å². The van der Waals surface area contributed by atoms with Crippen molar-refractivity contribution in [2.45, 2.75) is 25.7 Å². The zero-order valence-electron chi connectivity index (χ0n) is 11.0. The molecule has 1 heteroatoms. The summed E-state index contributed by atoms with van der Waals surface area (Å²) in [6.45, 7) is 0. The van der Waals surface area contributed by atoms with Crippen molar-refractivity contribution in [2.24, 2.45) is 10.9 Å². The number of nitrogens with zero attached hydrogens (tertiary/aromatic N) is 1. The van der Waals surface area contributed by atoms with Crippen LogP contribution in [0.5, 0.6) is 0 Å². The van der Waals surface area contributed by atoms with Crippen molar-refractivity contribution in [3.05, 3.63) is 65.2 Å². The Hall–Kier alpha value is -1.89. The average molecular weight is 247 g/mol. The van der Waals surface area contributed by atoms with Gasteiger partial charge in [0.05, 0.1) is 11.4 Å². The number of hydrogen-bond acceptors (Lipinski definition) is 1. The molecule has 0 N–H and O–H groups in total. The number of aryl methyl sites for hydroxylation is 1. The summed E-state index contributed by atoms with van der Waals surface area (Å²) in [7, 11) is 0. The van der Waals surface area contributed by atoms with E-state index in [-0.39, 0.29) is 0 Å². The molecule has 2 aromatic rings. The third-order valence-corrected chi connectivity index (χ3v) is 4.38. The minimum Gasteiger partial charge on any atom is -0.252 e. The van der Waals surface area contributed by atoms with Crippen LogP contribution in [0.1, 0.15) is 29.5 Å². The van der Waals surface area contributed by atoms with E-state index in [1.165, 1.54) is 47.4 Å². The molecule has 4 rings (SSSR count). The molecule has 1 aliphatic carbocycles. The van der Waals surface area contributed by atoms with Crippen LogP contribution in [-0.2, 0) is 12.8 Å². The van der Waals surface area contributed by atoms with E-state index >= 15 is 0 Å². The summed E-state index contributed by atoms with van der Waals surface area (Å²) in [6, 6.07) is 17.4. The Bertz CT molecular complexity index is 654. The molecule has 0 fully saturated rings. The molecule has 0 saturated carbocycles. The lowest BCUT2D eigenvalue weighted by atomic mass is 9.85. The van der Waals surface area contributed by atoms with Gasteiger partial charge < -0.3 is 0 Å².